The molecule has 41 heavy (non-hydrogen) atoms. The van der Waals surface area contributed by atoms with Gasteiger partial charge in [0, 0.05) is 35.8 Å². The van der Waals surface area contributed by atoms with E-state index >= 15 is 0 Å². The van der Waals surface area contributed by atoms with E-state index in [1.807, 2.05) is 16.9 Å². The molecule has 0 N–H and O–H groups in total. The van der Waals surface area contributed by atoms with Gasteiger partial charge in [0.1, 0.15) is 5.69 Å². The molecule has 0 radical (unpaired) electrons. The van der Waals surface area contributed by atoms with Crippen LogP contribution in [0.2, 0.25) is 0 Å². The molecular weight excluding hydrogens is 500 g/mol. The molecule has 1 aliphatic heterocycles. The number of pyridine rings is 1. The van der Waals surface area contributed by atoms with Crippen LogP contribution in [0.3, 0.4) is 0 Å². The molecule has 0 aliphatic carbocycles. The zero-order valence-electron chi connectivity index (χ0n) is 24.0. The van der Waals surface area contributed by atoms with E-state index in [0.717, 1.165) is 36.2 Å². The Hall–Kier alpha value is -4.57. The van der Waals surface area contributed by atoms with Gasteiger partial charge in [0.2, 0.25) is 5.69 Å². The average Bonchev–Trinajstić information content (AvgIpc) is 3.54. The normalized spacial score (nSPS) is 15.4. The first-order valence-electron chi connectivity index (χ1n) is 14.8. The maximum absolute atomic E-state index is 4.58. The molecule has 3 heterocycles. The molecule has 4 nitrogen and oxygen atoms in total. The molecule has 1 aliphatic rings. The van der Waals surface area contributed by atoms with Crippen LogP contribution in [-0.2, 0) is 5.54 Å². The van der Waals surface area contributed by atoms with Gasteiger partial charge in [0.05, 0.1) is 17.4 Å². The molecule has 202 valence electrons. The molecule has 6 aromatic rings. The van der Waals surface area contributed by atoms with Gasteiger partial charge in [0.25, 0.3) is 0 Å². The summed E-state index contributed by atoms with van der Waals surface area (Å²) in [5.74, 6) is 0.437. The monoisotopic (exact) mass is 535 g/mol. The number of fused-ring (bicyclic) bond motifs is 4. The highest BCUT2D eigenvalue weighted by molar-refractivity contribution is 5.85. The van der Waals surface area contributed by atoms with Gasteiger partial charge in [-0.2, -0.15) is 4.57 Å². The van der Waals surface area contributed by atoms with Crippen molar-refractivity contribution in [1.29, 1.82) is 0 Å². The van der Waals surface area contributed by atoms with Crippen LogP contribution in [0.4, 0.5) is 0 Å². The minimum Gasteiger partial charge on any atom is -0.220 e. The molecule has 1 unspecified atom stereocenters. The molecular formula is C37H35N4+. The zero-order chi connectivity index (χ0) is 28.0. The van der Waals surface area contributed by atoms with Crippen molar-refractivity contribution in [3.05, 3.63) is 121 Å². The van der Waals surface area contributed by atoms with Crippen LogP contribution in [-0.4, -0.2) is 15.0 Å². The van der Waals surface area contributed by atoms with Crippen molar-refractivity contribution in [2.24, 2.45) is 0 Å². The molecule has 2 aromatic heterocycles. The van der Waals surface area contributed by atoms with Crippen LogP contribution in [0.1, 0.15) is 51.5 Å². The minimum atomic E-state index is 0.0484. The Kier molecular flexibility index (Phi) is 6.27. The van der Waals surface area contributed by atoms with E-state index in [1.165, 1.54) is 38.7 Å². The van der Waals surface area contributed by atoms with E-state index in [4.69, 9.17) is 0 Å². The number of hydrogen-bond donors (Lipinski definition) is 0. The van der Waals surface area contributed by atoms with Gasteiger partial charge in [0.15, 0.2) is 11.7 Å². The summed E-state index contributed by atoms with van der Waals surface area (Å²) in [4.78, 5) is 0. The van der Waals surface area contributed by atoms with Gasteiger partial charge < -0.3 is 0 Å². The largest absolute Gasteiger partial charge is 0.220 e. The van der Waals surface area contributed by atoms with E-state index < -0.39 is 0 Å². The summed E-state index contributed by atoms with van der Waals surface area (Å²) in [5, 5.41) is 11.7. The van der Waals surface area contributed by atoms with Crippen molar-refractivity contribution in [2.75, 3.05) is 0 Å². The highest BCUT2D eigenvalue weighted by Gasteiger charge is 2.50. The summed E-state index contributed by atoms with van der Waals surface area (Å²) in [7, 11) is 0. The van der Waals surface area contributed by atoms with Crippen molar-refractivity contribution < 1.29 is 4.57 Å². The van der Waals surface area contributed by atoms with Crippen LogP contribution >= 0.6 is 0 Å². The second-order valence-electron chi connectivity index (χ2n) is 11.2. The summed E-state index contributed by atoms with van der Waals surface area (Å²) < 4.78 is 4.51. The quantitative estimate of drug-likeness (QED) is 0.200. The Morgan fingerprint density at radius 3 is 2.24 bits per heavy atom. The lowest BCUT2D eigenvalue weighted by molar-refractivity contribution is -0.761. The van der Waals surface area contributed by atoms with Gasteiger partial charge in [-0.1, -0.05) is 98.8 Å². The lowest BCUT2D eigenvalue weighted by atomic mass is 9.69. The summed E-state index contributed by atoms with van der Waals surface area (Å²) in [6.07, 6.45) is 7.71. The van der Waals surface area contributed by atoms with Gasteiger partial charge in [-0.25, -0.2) is 4.68 Å². The first-order valence-corrected chi connectivity index (χ1v) is 14.8. The second kappa shape index (κ2) is 10.1. The maximum Gasteiger partial charge on any atom is 0.213 e. The van der Waals surface area contributed by atoms with E-state index in [9.17, 15) is 0 Å². The fourth-order valence-electron chi connectivity index (χ4n) is 7.13. The molecule has 0 saturated heterocycles. The fraction of sp³-hybridized carbons (Fsp3) is 0.216. The van der Waals surface area contributed by atoms with Gasteiger partial charge >= 0.3 is 0 Å². The lowest BCUT2D eigenvalue weighted by Gasteiger charge is -2.40. The highest BCUT2D eigenvalue weighted by Crippen LogP contribution is 2.47. The Bertz CT molecular complexity index is 1860. The average molecular weight is 536 g/mol. The van der Waals surface area contributed by atoms with Gasteiger partial charge in [-0.3, -0.25) is 0 Å². The summed E-state index contributed by atoms with van der Waals surface area (Å²) in [6, 6.07) is 37.0. The Morgan fingerprint density at radius 2 is 1.46 bits per heavy atom. The molecule has 0 fully saturated rings. The molecule has 7 rings (SSSR count). The molecule has 4 heteroatoms. The fourth-order valence-corrected chi connectivity index (χ4v) is 7.13. The Morgan fingerprint density at radius 1 is 0.732 bits per heavy atom. The molecule has 0 amide bonds. The smallest absolute Gasteiger partial charge is 0.213 e. The number of nitrogens with zero attached hydrogens (tertiary/aromatic N) is 4. The van der Waals surface area contributed by atoms with E-state index in [-0.39, 0.29) is 5.54 Å². The summed E-state index contributed by atoms with van der Waals surface area (Å²) in [6.45, 7) is 7.03. The maximum atomic E-state index is 4.58. The number of benzene rings is 4. The number of aromatic nitrogens is 4. The standard InChI is InChI=1S/C37H35N4/c1-4-34-32-20-19-31(41-25-35(38-39-41)29-18-12-17-27(21-29)26-13-8-7-9-14-26)23-33(32)36-22-28-15-10-11-16-30(28)24-40(36)37(34,5-2)6-3/h7-25,34H,4-6H2,1-3H3/q+1. The first kappa shape index (κ1) is 25.4. The van der Waals surface area contributed by atoms with Crippen molar-refractivity contribution in [3.8, 4) is 39.3 Å². The van der Waals surface area contributed by atoms with Crippen LogP contribution in [0.15, 0.2) is 116 Å². The Balaban J connectivity index is 1.34. The van der Waals surface area contributed by atoms with Gasteiger partial charge in [-0.05, 0) is 52.8 Å². The zero-order valence-corrected chi connectivity index (χ0v) is 24.0. The minimum absolute atomic E-state index is 0.0484. The van der Waals surface area contributed by atoms with Crippen LogP contribution < -0.4 is 4.57 Å². The van der Waals surface area contributed by atoms with Gasteiger partial charge in [-0.15, -0.1) is 5.10 Å². The molecule has 0 bridgehead atoms. The van der Waals surface area contributed by atoms with E-state index in [2.05, 4.69) is 139 Å². The number of hydrogen-bond acceptors (Lipinski definition) is 2. The third kappa shape index (κ3) is 4.09. The Labute approximate surface area is 241 Å². The van der Waals surface area contributed by atoms with E-state index in [1.54, 1.807) is 0 Å². The first-order chi connectivity index (χ1) is 20.1. The van der Waals surface area contributed by atoms with Crippen molar-refractivity contribution >= 4 is 10.8 Å². The number of rotatable bonds is 6. The highest BCUT2D eigenvalue weighted by atomic mass is 15.4. The van der Waals surface area contributed by atoms with Crippen molar-refractivity contribution in [2.45, 2.75) is 51.5 Å². The molecule has 4 aromatic carbocycles. The van der Waals surface area contributed by atoms with Crippen LogP contribution in [0.25, 0.3) is 50.1 Å². The SMILES string of the molecule is CCC1c2ccc(-n3cc(-c4cccc(-c5ccccc5)c4)nn3)cc2-c2cc3ccccc3c[n+]2C1(CC)CC. The predicted molar refractivity (Wildman–Crippen MR) is 167 cm³/mol. The molecule has 0 spiro atoms. The third-order valence-electron chi connectivity index (χ3n) is 9.29. The van der Waals surface area contributed by atoms with Crippen molar-refractivity contribution in [1.82, 2.24) is 15.0 Å². The predicted octanol–water partition coefficient (Wildman–Crippen LogP) is 8.73. The topological polar surface area (TPSA) is 34.6 Å². The molecule has 0 saturated carbocycles. The second-order valence-corrected chi connectivity index (χ2v) is 11.2. The van der Waals surface area contributed by atoms with Crippen LogP contribution in [0.5, 0.6) is 0 Å². The van der Waals surface area contributed by atoms with Crippen LogP contribution in [0, 0.1) is 0 Å². The lowest BCUT2D eigenvalue weighted by Crippen LogP contribution is -2.62. The molecule has 1 atom stereocenters. The van der Waals surface area contributed by atoms with E-state index in [0.29, 0.717) is 5.92 Å². The third-order valence-corrected chi connectivity index (χ3v) is 9.29. The summed E-state index contributed by atoms with van der Waals surface area (Å²) >= 11 is 0. The summed E-state index contributed by atoms with van der Waals surface area (Å²) in [5.41, 5.74) is 9.38. The van der Waals surface area contributed by atoms with Crippen molar-refractivity contribution in [3.63, 3.8) is 0 Å².